The quantitative estimate of drug-likeness (QED) is 0.306. The number of amides is 2. The fraction of sp³-hybridized carbons (Fsp3) is 0.375. The molecule has 1 aliphatic carbocycles. The summed E-state index contributed by atoms with van der Waals surface area (Å²) in [6.07, 6.45) is 5.68. The van der Waals surface area contributed by atoms with E-state index in [2.05, 4.69) is 5.32 Å². The Hall–Kier alpha value is -3.36. The summed E-state index contributed by atoms with van der Waals surface area (Å²) in [7, 11) is -4.12. The fourth-order valence-corrected chi connectivity index (χ4v) is 6.73. The smallest absolute Gasteiger partial charge is 0.264 e. The zero-order chi connectivity index (χ0) is 29.4. The molecular formula is C32H38ClN3O4S. The van der Waals surface area contributed by atoms with Crippen molar-refractivity contribution in [1.82, 2.24) is 10.2 Å². The van der Waals surface area contributed by atoms with Crippen LogP contribution in [-0.2, 0) is 26.0 Å². The summed E-state index contributed by atoms with van der Waals surface area (Å²) < 4.78 is 28.8. The fourth-order valence-electron chi connectivity index (χ4n) is 5.12. The third kappa shape index (κ3) is 7.89. The maximum absolute atomic E-state index is 14.0. The van der Waals surface area contributed by atoms with Gasteiger partial charge in [-0.2, -0.15) is 0 Å². The van der Waals surface area contributed by atoms with E-state index in [0.717, 1.165) is 41.1 Å². The molecule has 0 heterocycles. The van der Waals surface area contributed by atoms with Crippen molar-refractivity contribution in [2.45, 2.75) is 69.4 Å². The van der Waals surface area contributed by atoms with Crippen LogP contribution in [-0.4, -0.2) is 50.3 Å². The second-order valence-corrected chi connectivity index (χ2v) is 12.9. The van der Waals surface area contributed by atoms with Gasteiger partial charge in [0.2, 0.25) is 11.8 Å². The zero-order valence-corrected chi connectivity index (χ0v) is 25.2. The summed E-state index contributed by atoms with van der Waals surface area (Å²) in [6, 6.07) is 21.9. The molecule has 4 rings (SSSR count). The van der Waals surface area contributed by atoms with E-state index in [-0.39, 0.29) is 29.1 Å². The van der Waals surface area contributed by atoms with E-state index in [4.69, 9.17) is 11.6 Å². The summed E-state index contributed by atoms with van der Waals surface area (Å²) in [6.45, 7) is 3.31. The summed E-state index contributed by atoms with van der Waals surface area (Å²) in [5.74, 6) is -0.697. The van der Waals surface area contributed by atoms with Crippen LogP contribution >= 0.6 is 11.6 Å². The molecule has 1 N–H and O–H groups in total. The minimum atomic E-state index is -4.12. The molecule has 1 aliphatic rings. The van der Waals surface area contributed by atoms with Crippen LogP contribution < -0.4 is 9.62 Å². The van der Waals surface area contributed by atoms with Gasteiger partial charge in [-0.1, -0.05) is 85.5 Å². The Morgan fingerprint density at radius 1 is 0.951 bits per heavy atom. The Morgan fingerprint density at radius 3 is 2.22 bits per heavy atom. The average Bonchev–Trinajstić information content (AvgIpc) is 2.98. The van der Waals surface area contributed by atoms with Crippen molar-refractivity contribution in [3.05, 3.63) is 95.0 Å². The molecule has 0 radical (unpaired) electrons. The van der Waals surface area contributed by atoms with E-state index in [0.29, 0.717) is 11.4 Å². The van der Waals surface area contributed by atoms with Crippen LogP contribution in [0.25, 0.3) is 0 Å². The molecule has 3 aromatic rings. The highest BCUT2D eigenvalue weighted by atomic mass is 35.5. The Bertz CT molecular complexity index is 1430. The van der Waals surface area contributed by atoms with Gasteiger partial charge in [0.25, 0.3) is 10.0 Å². The largest absolute Gasteiger partial charge is 0.352 e. The van der Waals surface area contributed by atoms with Gasteiger partial charge in [0.05, 0.1) is 10.6 Å². The number of benzene rings is 3. The van der Waals surface area contributed by atoms with Crippen molar-refractivity contribution < 1.29 is 18.0 Å². The topological polar surface area (TPSA) is 86.8 Å². The first-order valence-corrected chi connectivity index (χ1v) is 16.0. The van der Waals surface area contributed by atoms with E-state index in [1.54, 1.807) is 43.3 Å². The lowest BCUT2D eigenvalue weighted by Gasteiger charge is -2.33. The summed E-state index contributed by atoms with van der Waals surface area (Å²) >= 11 is 6.39. The third-order valence-electron chi connectivity index (χ3n) is 7.66. The molecule has 3 aromatic carbocycles. The number of anilines is 1. The maximum atomic E-state index is 14.0. The van der Waals surface area contributed by atoms with Crippen molar-refractivity contribution in [1.29, 1.82) is 0 Å². The highest BCUT2D eigenvalue weighted by Gasteiger charge is 2.33. The SMILES string of the molecule is Cc1ccc(N(CC(=O)N(CCc2ccccc2)[C@@H](C)C(=O)NC2CCCCC2)S(=O)(=O)c2ccccc2)cc1Cl. The second-order valence-electron chi connectivity index (χ2n) is 10.6. The molecule has 0 unspecified atom stereocenters. The molecule has 1 saturated carbocycles. The Morgan fingerprint density at radius 2 is 1.59 bits per heavy atom. The molecule has 218 valence electrons. The Labute approximate surface area is 248 Å². The van der Waals surface area contributed by atoms with Gasteiger partial charge < -0.3 is 10.2 Å². The van der Waals surface area contributed by atoms with Crippen LogP contribution in [0.3, 0.4) is 0 Å². The Balaban J connectivity index is 1.64. The monoisotopic (exact) mass is 595 g/mol. The minimum absolute atomic E-state index is 0.0587. The number of nitrogens with zero attached hydrogens (tertiary/aromatic N) is 2. The molecule has 0 saturated heterocycles. The molecule has 0 spiro atoms. The molecule has 7 nitrogen and oxygen atoms in total. The average molecular weight is 596 g/mol. The normalized spacial score (nSPS) is 14.7. The lowest BCUT2D eigenvalue weighted by atomic mass is 9.95. The van der Waals surface area contributed by atoms with Gasteiger partial charge in [0.15, 0.2) is 0 Å². The van der Waals surface area contributed by atoms with Gasteiger partial charge in [-0.15, -0.1) is 0 Å². The van der Waals surface area contributed by atoms with E-state index in [9.17, 15) is 18.0 Å². The number of aryl methyl sites for hydroxylation is 1. The van der Waals surface area contributed by atoms with Gasteiger partial charge in [-0.05, 0) is 68.5 Å². The first-order chi connectivity index (χ1) is 19.7. The highest BCUT2D eigenvalue weighted by Crippen LogP contribution is 2.28. The van der Waals surface area contributed by atoms with Crippen molar-refractivity contribution in [2.75, 3.05) is 17.4 Å². The van der Waals surface area contributed by atoms with Crippen LogP contribution in [0.1, 0.15) is 50.2 Å². The van der Waals surface area contributed by atoms with Gasteiger partial charge in [-0.25, -0.2) is 8.42 Å². The van der Waals surface area contributed by atoms with Crippen molar-refractivity contribution in [2.24, 2.45) is 0 Å². The summed E-state index contributed by atoms with van der Waals surface area (Å²) in [5, 5.41) is 3.52. The van der Waals surface area contributed by atoms with Crippen molar-refractivity contribution in [3.63, 3.8) is 0 Å². The zero-order valence-electron chi connectivity index (χ0n) is 23.6. The van der Waals surface area contributed by atoms with Gasteiger partial charge in [0.1, 0.15) is 12.6 Å². The van der Waals surface area contributed by atoms with Crippen LogP contribution in [0.2, 0.25) is 5.02 Å². The first kappa shape index (κ1) is 30.6. The number of halogens is 1. The molecule has 0 aromatic heterocycles. The molecule has 41 heavy (non-hydrogen) atoms. The second kappa shape index (κ2) is 14.0. The minimum Gasteiger partial charge on any atom is -0.352 e. The summed E-state index contributed by atoms with van der Waals surface area (Å²) in [5.41, 5.74) is 2.08. The van der Waals surface area contributed by atoms with Gasteiger partial charge in [0, 0.05) is 17.6 Å². The number of hydrogen-bond acceptors (Lipinski definition) is 4. The van der Waals surface area contributed by atoms with Crippen LogP contribution in [0.5, 0.6) is 0 Å². The number of nitrogens with one attached hydrogen (secondary N) is 1. The standard InChI is InChI=1S/C32H38ClN3O4S/c1-24-18-19-28(22-30(24)33)36(41(39,40)29-16-10-5-11-17-29)23-31(37)35(21-20-26-12-6-3-7-13-26)25(2)32(38)34-27-14-8-4-9-15-27/h3,5-7,10-13,16-19,22,25,27H,4,8-9,14-15,20-21,23H2,1-2H3,(H,34,38)/t25-/m0/s1. The number of hydrogen-bond donors (Lipinski definition) is 1. The summed E-state index contributed by atoms with van der Waals surface area (Å²) in [4.78, 5) is 28.9. The molecule has 0 bridgehead atoms. The first-order valence-electron chi connectivity index (χ1n) is 14.1. The molecule has 2 amide bonds. The molecule has 0 aliphatic heterocycles. The number of carbonyl (C=O) groups excluding carboxylic acids is 2. The molecular weight excluding hydrogens is 558 g/mol. The molecule has 1 fully saturated rings. The van der Waals surface area contributed by atoms with Gasteiger partial charge in [-0.3, -0.25) is 13.9 Å². The van der Waals surface area contributed by atoms with E-state index < -0.39 is 28.5 Å². The highest BCUT2D eigenvalue weighted by molar-refractivity contribution is 7.92. The predicted octanol–water partition coefficient (Wildman–Crippen LogP) is 5.75. The van der Waals surface area contributed by atoms with E-state index in [1.807, 2.05) is 37.3 Å². The number of carbonyl (C=O) groups is 2. The van der Waals surface area contributed by atoms with Crippen molar-refractivity contribution in [3.8, 4) is 0 Å². The van der Waals surface area contributed by atoms with Crippen LogP contribution in [0.4, 0.5) is 5.69 Å². The third-order valence-corrected chi connectivity index (χ3v) is 9.85. The Kier molecular flexibility index (Phi) is 10.5. The van der Waals surface area contributed by atoms with Crippen LogP contribution in [0.15, 0.2) is 83.8 Å². The van der Waals surface area contributed by atoms with E-state index >= 15 is 0 Å². The number of rotatable bonds is 11. The number of sulfonamides is 1. The van der Waals surface area contributed by atoms with Crippen LogP contribution in [0, 0.1) is 6.92 Å². The van der Waals surface area contributed by atoms with E-state index in [1.165, 1.54) is 23.5 Å². The van der Waals surface area contributed by atoms with Gasteiger partial charge >= 0.3 is 0 Å². The lowest BCUT2D eigenvalue weighted by molar-refractivity contribution is -0.139. The maximum Gasteiger partial charge on any atom is 0.264 e. The van der Waals surface area contributed by atoms with Crippen molar-refractivity contribution >= 4 is 39.1 Å². The molecule has 1 atom stereocenters. The lowest BCUT2D eigenvalue weighted by Crippen LogP contribution is -2.53. The molecule has 9 heteroatoms. The predicted molar refractivity (Wildman–Crippen MR) is 163 cm³/mol.